The summed E-state index contributed by atoms with van der Waals surface area (Å²) < 4.78 is 0. The molecule has 1 atom stereocenters. The van der Waals surface area contributed by atoms with Crippen LogP contribution in [0.25, 0.3) is 0 Å². The van der Waals surface area contributed by atoms with E-state index in [-0.39, 0.29) is 6.03 Å². The van der Waals surface area contributed by atoms with Gasteiger partial charge in [0.15, 0.2) is 0 Å². The second-order valence-corrected chi connectivity index (χ2v) is 5.62. The fraction of sp³-hybridized carbons (Fsp3) is 0.562. The van der Waals surface area contributed by atoms with Crippen molar-refractivity contribution in [2.45, 2.75) is 25.2 Å². The SMILES string of the molecule is CN(C)C(=O)NCCNCC1CCCc2ccccc21. The smallest absolute Gasteiger partial charge is 0.316 e. The number of rotatable bonds is 5. The van der Waals surface area contributed by atoms with Crippen LogP contribution in [0.3, 0.4) is 0 Å². The van der Waals surface area contributed by atoms with Gasteiger partial charge in [-0.3, -0.25) is 0 Å². The van der Waals surface area contributed by atoms with Crippen LogP contribution in [0.4, 0.5) is 4.79 Å². The van der Waals surface area contributed by atoms with E-state index in [4.69, 9.17) is 0 Å². The molecule has 1 unspecified atom stereocenters. The molecule has 2 amide bonds. The first-order valence-electron chi connectivity index (χ1n) is 7.42. The lowest BCUT2D eigenvalue weighted by molar-refractivity contribution is 0.217. The first-order chi connectivity index (χ1) is 9.68. The lowest BCUT2D eigenvalue weighted by Gasteiger charge is -2.25. The van der Waals surface area contributed by atoms with Gasteiger partial charge in [-0.1, -0.05) is 24.3 Å². The molecule has 0 spiro atoms. The van der Waals surface area contributed by atoms with Gasteiger partial charge < -0.3 is 15.5 Å². The highest BCUT2D eigenvalue weighted by atomic mass is 16.2. The number of carbonyl (C=O) groups excluding carboxylic acids is 1. The minimum Gasteiger partial charge on any atom is -0.337 e. The first kappa shape index (κ1) is 14.9. The fourth-order valence-electron chi connectivity index (χ4n) is 2.76. The number of hydrogen-bond donors (Lipinski definition) is 2. The molecule has 1 aromatic carbocycles. The van der Waals surface area contributed by atoms with Gasteiger partial charge in [-0.15, -0.1) is 0 Å². The number of amides is 2. The lowest BCUT2D eigenvalue weighted by atomic mass is 9.83. The number of hydrogen-bond acceptors (Lipinski definition) is 2. The largest absolute Gasteiger partial charge is 0.337 e. The number of carbonyl (C=O) groups is 1. The molecule has 0 heterocycles. The molecule has 0 radical (unpaired) electrons. The van der Waals surface area contributed by atoms with Gasteiger partial charge in [-0.2, -0.15) is 0 Å². The molecule has 0 fully saturated rings. The van der Waals surface area contributed by atoms with Crippen LogP contribution >= 0.6 is 0 Å². The Balaban J connectivity index is 1.72. The van der Waals surface area contributed by atoms with Crippen molar-refractivity contribution < 1.29 is 4.79 Å². The second kappa shape index (κ2) is 7.29. The molecule has 0 aliphatic heterocycles. The Bertz CT molecular complexity index is 445. The third kappa shape index (κ3) is 3.97. The third-order valence-electron chi connectivity index (χ3n) is 3.87. The van der Waals surface area contributed by atoms with Gasteiger partial charge >= 0.3 is 6.03 Å². The Morgan fingerprint density at radius 2 is 2.10 bits per heavy atom. The normalized spacial score (nSPS) is 17.4. The quantitative estimate of drug-likeness (QED) is 0.807. The van der Waals surface area contributed by atoms with Crippen LogP contribution < -0.4 is 10.6 Å². The van der Waals surface area contributed by atoms with E-state index in [0.29, 0.717) is 12.5 Å². The van der Waals surface area contributed by atoms with Crippen LogP contribution in [0.2, 0.25) is 0 Å². The zero-order chi connectivity index (χ0) is 14.4. The van der Waals surface area contributed by atoms with Gasteiger partial charge in [0.25, 0.3) is 0 Å². The molecule has 4 nitrogen and oxygen atoms in total. The molecule has 0 bridgehead atoms. The summed E-state index contributed by atoms with van der Waals surface area (Å²) in [6.45, 7) is 2.48. The second-order valence-electron chi connectivity index (χ2n) is 5.62. The van der Waals surface area contributed by atoms with Gasteiger partial charge in [-0.05, 0) is 36.3 Å². The average molecular weight is 275 g/mol. The summed E-state index contributed by atoms with van der Waals surface area (Å²) in [5.74, 6) is 0.615. The summed E-state index contributed by atoms with van der Waals surface area (Å²) in [4.78, 5) is 12.9. The van der Waals surface area contributed by atoms with E-state index in [1.165, 1.54) is 30.4 Å². The molecular weight excluding hydrogens is 250 g/mol. The highest BCUT2D eigenvalue weighted by Crippen LogP contribution is 2.30. The van der Waals surface area contributed by atoms with E-state index in [0.717, 1.165) is 13.1 Å². The highest BCUT2D eigenvalue weighted by molar-refractivity contribution is 5.73. The van der Waals surface area contributed by atoms with Crippen molar-refractivity contribution in [2.24, 2.45) is 0 Å². The van der Waals surface area contributed by atoms with Crippen LogP contribution in [0, 0.1) is 0 Å². The van der Waals surface area contributed by atoms with Gasteiger partial charge in [-0.25, -0.2) is 4.79 Å². The van der Waals surface area contributed by atoms with Crippen molar-refractivity contribution in [3.05, 3.63) is 35.4 Å². The topological polar surface area (TPSA) is 44.4 Å². The van der Waals surface area contributed by atoms with Crippen molar-refractivity contribution >= 4 is 6.03 Å². The Labute approximate surface area is 121 Å². The van der Waals surface area contributed by atoms with Crippen LogP contribution in [-0.4, -0.2) is 44.7 Å². The van der Waals surface area contributed by atoms with E-state index in [1.54, 1.807) is 19.0 Å². The third-order valence-corrected chi connectivity index (χ3v) is 3.87. The minimum absolute atomic E-state index is 0.0326. The average Bonchev–Trinajstić information content (AvgIpc) is 2.46. The standard InChI is InChI=1S/C16H25N3O/c1-19(2)16(20)18-11-10-17-12-14-8-5-7-13-6-3-4-9-15(13)14/h3-4,6,9,14,17H,5,7-8,10-12H2,1-2H3,(H,18,20). The monoisotopic (exact) mass is 275 g/mol. The van der Waals surface area contributed by atoms with Crippen molar-refractivity contribution in [3.63, 3.8) is 0 Å². The Kier molecular flexibility index (Phi) is 5.41. The molecule has 2 N–H and O–H groups in total. The van der Waals surface area contributed by atoms with E-state index < -0.39 is 0 Å². The van der Waals surface area contributed by atoms with Gasteiger partial charge in [0.2, 0.25) is 0 Å². The molecule has 1 aliphatic carbocycles. The number of fused-ring (bicyclic) bond motifs is 1. The van der Waals surface area contributed by atoms with E-state index in [1.807, 2.05) is 0 Å². The van der Waals surface area contributed by atoms with Crippen LogP contribution in [0.15, 0.2) is 24.3 Å². The molecule has 4 heteroatoms. The maximum Gasteiger partial charge on any atom is 0.316 e. The molecule has 0 saturated heterocycles. The van der Waals surface area contributed by atoms with Gasteiger partial charge in [0.05, 0.1) is 0 Å². The number of urea groups is 1. The molecule has 1 aliphatic rings. The van der Waals surface area contributed by atoms with Crippen molar-refractivity contribution in [3.8, 4) is 0 Å². The summed E-state index contributed by atoms with van der Waals surface area (Å²) in [7, 11) is 3.50. The van der Waals surface area contributed by atoms with Gasteiger partial charge in [0, 0.05) is 33.7 Å². The fourth-order valence-corrected chi connectivity index (χ4v) is 2.76. The molecule has 2 rings (SSSR count). The van der Waals surface area contributed by atoms with Crippen LogP contribution in [-0.2, 0) is 6.42 Å². The number of aryl methyl sites for hydroxylation is 1. The first-order valence-corrected chi connectivity index (χ1v) is 7.42. The summed E-state index contributed by atoms with van der Waals surface area (Å²) >= 11 is 0. The minimum atomic E-state index is -0.0326. The van der Waals surface area contributed by atoms with E-state index in [9.17, 15) is 4.79 Å². The summed E-state index contributed by atoms with van der Waals surface area (Å²) in [5, 5.41) is 6.32. The molecule has 20 heavy (non-hydrogen) atoms. The molecule has 110 valence electrons. The van der Waals surface area contributed by atoms with Crippen molar-refractivity contribution in [1.82, 2.24) is 15.5 Å². The summed E-state index contributed by atoms with van der Waals surface area (Å²) in [6, 6.07) is 8.74. The lowest BCUT2D eigenvalue weighted by Crippen LogP contribution is -2.39. The maximum absolute atomic E-state index is 11.4. The van der Waals surface area contributed by atoms with Crippen LogP contribution in [0.5, 0.6) is 0 Å². The Hall–Kier alpha value is -1.55. The van der Waals surface area contributed by atoms with Crippen molar-refractivity contribution in [1.29, 1.82) is 0 Å². The van der Waals surface area contributed by atoms with Crippen molar-refractivity contribution in [2.75, 3.05) is 33.7 Å². The molecule has 0 aromatic heterocycles. The number of nitrogens with one attached hydrogen (secondary N) is 2. The zero-order valence-corrected chi connectivity index (χ0v) is 12.5. The number of benzene rings is 1. The predicted octanol–water partition coefficient (Wildman–Crippen LogP) is 1.97. The Morgan fingerprint density at radius 1 is 1.30 bits per heavy atom. The predicted molar refractivity (Wildman–Crippen MR) is 82.1 cm³/mol. The van der Waals surface area contributed by atoms with E-state index in [2.05, 4.69) is 34.9 Å². The van der Waals surface area contributed by atoms with Gasteiger partial charge in [0.1, 0.15) is 0 Å². The Morgan fingerprint density at radius 3 is 2.90 bits per heavy atom. The number of nitrogens with zero attached hydrogens (tertiary/aromatic N) is 1. The highest BCUT2D eigenvalue weighted by Gasteiger charge is 2.18. The molecule has 0 saturated carbocycles. The summed E-state index contributed by atoms with van der Waals surface area (Å²) in [5.41, 5.74) is 3.01. The molecule has 1 aromatic rings. The zero-order valence-electron chi connectivity index (χ0n) is 12.5. The maximum atomic E-state index is 11.4. The van der Waals surface area contributed by atoms with Crippen LogP contribution in [0.1, 0.15) is 29.9 Å². The van der Waals surface area contributed by atoms with E-state index >= 15 is 0 Å². The molecular formula is C16H25N3O. The summed E-state index contributed by atoms with van der Waals surface area (Å²) in [6.07, 6.45) is 3.75.